The van der Waals surface area contributed by atoms with Gasteiger partial charge in [-0.05, 0) is 13.3 Å². The Morgan fingerprint density at radius 3 is 2.62 bits per heavy atom. The van der Waals surface area contributed by atoms with Crippen LogP contribution in [-0.2, 0) is 4.79 Å². The van der Waals surface area contributed by atoms with E-state index in [0.717, 1.165) is 0 Å². The molecule has 1 aromatic rings. The van der Waals surface area contributed by atoms with E-state index in [4.69, 9.17) is 0 Å². The molecular formula is C17H20N2O2. The summed E-state index contributed by atoms with van der Waals surface area (Å²) in [6.45, 7) is 7.75. The van der Waals surface area contributed by atoms with Crippen molar-refractivity contribution in [2.24, 2.45) is 10.5 Å². The molecule has 0 saturated heterocycles. The van der Waals surface area contributed by atoms with Crippen LogP contribution < -0.4 is 0 Å². The molecule has 0 bridgehead atoms. The van der Waals surface area contributed by atoms with Gasteiger partial charge in [-0.15, -0.1) is 6.58 Å². The number of Topliss-reactive ketones (excluding diaryl/α,β-unsaturated/α-hetero) is 1. The van der Waals surface area contributed by atoms with E-state index in [1.165, 1.54) is 5.01 Å². The van der Waals surface area contributed by atoms with Crippen LogP contribution in [0.2, 0.25) is 0 Å². The number of nitrogens with zero attached hydrogens (tertiary/aromatic N) is 2. The van der Waals surface area contributed by atoms with Gasteiger partial charge in [0.1, 0.15) is 0 Å². The van der Waals surface area contributed by atoms with Gasteiger partial charge in [-0.1, -0.05) is 43.3 Å². The van der Waals surface area contributed by atoms with Crippen LogP contribution >= 0.6 is 0 Å². The van der Waals surface area contributed by atoms with Gasteiger partial charge < -0.3 is 0 Å². The molecule has 1 aliphatic rings. The molecule has 1 unspecified atom stereocenters. The van der Waals surface area contributed by atoms with Gasteiger partial charge in [0.05, 0.1) is 17.7 Å². The molecule has 0 aliphatic carbocycles. The van der Waals surface area contributed by atoms with Crippen molar-refractivity contribution in [1.29, 1.82) is 0 Å². The van der Waals surface area contributed by atoms with Gasteiger partial charge in [-0.25, -0.2) is 5.01 Å². The second-order valence-electron chi connectivity index (χ2n) is 5.26. The van der Waals surface area contributed by atoms with Gasteiger partial charge in [0.25, 0.3) is 5.91 Å². The predicted molar refractivity (Wildman–Crippen MR) is 83.1 cm³/mol. The second kappa shape index (κ2) is 6.04. The van der Waals surface area contributed by atoms with Crippen molar-refractivity contribution >= 4 is 17.4 Å². The van der Waals surface area contributed by atoms with Crippen LogP contribution in [0.1, 0.15) is 37.0 Å². The fraction of sp³-hybridized carbons (Fsp3) is 0.353. The summed E-state index contributed by atoms with van der Waals surface area (Å²) in [6, 6.07) is 9.07. The molecule has 1 atom stereocenters. The highest BCUT2D eigenvalue weighted by Crippen LogP contribution is 2.37. The molecule has 2 rings (SSSR count). The number of carbonyl (C=O) groups excluding carboxylic acids is 2. The van der Waals surface area contributed by atoms with E-state index in [1.807, 2.05) is 32.0 Å². The Bertz CT molecular complexity index is 592. The molecule has 1 amide bonds. The first-order valence-electron chi connectivity index (χ1n) is 7.12. The molecule has 0 spiro atoms. The van der Waals surface area contributed by atoms with Crippen molar-refractivity contribution in [2.75, 3.05) is 6.54 Å². The number of benzene rings is 1. The van der Waals surface area contributed by atoms with Crippen LogP contribution in [-0.4, -0.2) is 29.0 Å². The first kappa shape index (κ1) is 15.2. The lowest BCUT2D eigenvalue weighted by atomic mass is 9.75. The van der Waals surface area contributed by atoms with Crippen LogP contribution in [0, 0.1) is 5.41 Å². The summed E-state index contributed by atoms with van der Waals surface area (Å²) >= 11 is 0. The van der Waals surface area contributed by atoms with Crippen molar-refractivity contribution < 1.29 is 9.59 Å². The average Bonchev–Trinajstić information content (AvgIpc) is 2.73. The minimum atomic E-state index is -0.810. The smallest absolute Gasteiger partial charge is 0.255 e. The monoisotopic (exact) mass is 284 g/mol. The maximum Gasteiger partial charge on any atom is 0.255 e. The van der Waals surface area contributed by atoms with Crippen LogP contribution in [0.4, 0.5) is 0 Å². The molecule has 21 heavy (non-hydrogen) atoms. The number of carbonyl (C=O) groups is 2. The Balaban J connectivity index is 2.27. The summed E-state index contributed by atoms with van der Waals surface area (Å²) < 4.78 is 0. The number of hydrazone groups is 1. The Morgan fingerprint density at radius 1 is 1.38 bits per heavy atom. The maximum absolute atomic E-state index is 12.6. The fourth-order valence-corrected chi connectivity index (χ4v) is 2.71. The summed E-state index contributed by atoms with van der Waals surface area (Å²) in [5, 5.41) is 5.71. The molecule has 0 N–H and O–H groups in total. The van der Waals surface area contributed by atoms with Crippen molar-refractivity contribution in [3.8, 4) is 0 Å². The third-order valence-electron chi connectivity index (χ3n) is 4.07. The zero-order valence-electron chi connectivity index (χ0n) is 12.5. The van der Waals surface area contributed by atoms with Gasteiger partial charge in [-0.3, -0.25) is 9.59 Å². The molecule has 0 saturated carbocycles. The normalized spacial score (nSPS) is 21.3. The van der Waals surface area contributed by atoms with Gasteiger partial charge in [-0.2, -0.15) is 5.10 Å². The molecule has 110 valence electrons. The van der Waals surface area contributed by atoms with Crippen LogP contribution in [0.25, 0.3) is 0 Å². The third-order valence-corrected chi connectivity index (χ3v) is 4.07. The minimum Gasteiger partial charge on any atom is -0.294 e. The SMILES string of the molecule is C=CCN1N=C(C)C(CC)(CC(=O)c2ccccc2)C1=O. The number of amides is 1. The summed E-state index contributed by atoms with van der Waals surface area (Å²) in [6.07, 6.45) is 2.36. The second-order valence-corrected chi connectivity index (χ2v) is 5.26. The first-order valence-corrected chi connectivity index (χ1v) is 7.12. The maximum atomic E-state index is 12.6. The molecule has 1 aromatic carbocycles. The zero-order valence-corrected chi connectivity index (χ0v) is 12.5. The quantitative estimate of drug-likeness (QED) is 0.595. The predicted octanol–water partition coefficient (Wildman–Crippen LogP) is 3.06. The lowest BCUT2D eigenvalue weighted by Crippen LogP contribution is -2.40. The summed E-state index contributed by atoms with van der Waals surface area (Å²) in [5.41, 5.74) is 0.532. The topological polar surface area (TPSA) is 49.7 Å². The van der Waals surface area contributed by atoms with E-state index < -0.39 is 5.41 Å². The van der Waals surface area contributed by atoms with Gasteiger partial charge in [0.2, 0.25) is 0 Å². The van der Waals surface area contributed by atoms with Crippen molar-refractivity contribution in [2.45, 2.75) is 26.7 Å². The van der Waals surface area contributed by atoms with E-state index >= 15 is 0 Å². The average molecular weight is 284 g/mol. The Labute approximate surface area is 125 Å². The summed E-state index contributed by atoms with van der Waals surface area (Å²) in [5.74, 6) is -0.132. The molecule has 1 heterocycles. The largest absolute Gasteiger partial charge is 0.294 e. The van der Waals surface area contributed by atoms with Crippen LogP contribution in [0.15, 0.2) is 48.1 Å². The molecule has 1 aliphatic heterocycles. The summed E-state index contributed by atoms with van der Waals surface area (Å²) in [4.78, 5) is 25.1. The Kier molecular flexibility index (Phi) is 4.36. The first-order chi connectivity index (χ1) is 10.0. The van der Waals surface area contributed by atoms with E-state index in [2.05, 4.69) is 11.7 Å². The lowest BCUT2D eigenvalue weighted by Gasteiger charge is -2.26. The number of rotatable bonds is 6. The highest BCUT2D eigenvalue weighted by Gasteiger charge is 2.48. The molecule has 4 nitrogen and oxygen atoms in total. The molecule has 0 fully saturated rings. The Morgan fingerprint density at radius 2 is 2.05 bits per heavy atom. The molecule has 4 heteroatoms. The van der Waals surface area contributed by atoms with E-state index in [-0.39, 0.29) is 18.1 Å². The lowest BCUT2D eigenvalue weighted by molar-refractivity contribution is -0.135. The summed E-state index contributed by atoms with van der Waals surface area (Å²) in [7, 11) is 0. The molecule has 0 radical (unpaired) electrons. The molecule has 0 aromatic heterocycles. The van der Waals surface area contributed by atoms with Crippen molar-refractivity contribution in [3.63, 3.8) is 0 Å². The van der Waals surface area contributed by atoms with Crippen molar-refractivity contribution in [3.05, 3.63) is 48.6 Å². The number of ketones is 1. The van der Waals surface area contributed by atoms with Gasteiger partial charge in [0.15, 0.2) is 5.78 Å². The van der Waals surface area contributed by atoms with Crippen molar-refractivity contribution in [1.82, 2.24) is 5.01 Å². The fourth-order valence-electron chi connectivity index (χ4n) is 2.71. The third kappa shape index (κ3) is 2.66. The molecular weight excluding hydrogens is 264 g/mol. The van der Waals surface area contributed by atoms with Crippen LogP contribution in [0.3, 0.4) is 0 Å². The highest BCUT2D eigenvalue weighted by molar-refractivity contribution is 6.15. The van der Waals surface area contributed by atoms with Crippen LogP contribution in [0.5, 0.6) is 0 Å². The minimum absolute atomic E-state index is 0.0270. The highest BCUT2D eigenvalue weighted by atomic mass is 16.2. The Hall–Kier alpha value is -2.23. The number of hydrogen-bond acceptors (Lipinski definition) is 3. The standard InChI is InChI=1S/C17H20N2O2/c1-4-11-19-16(21)17(5-2,13(3)18-19)12-15(20)14-9-7-6-8-10-14/h4,6-10H,1,5,11-12H2,2-3H3. The zero-order chi connectivity index (χ0) is 15.5. The van der Waals surface area contributed by atoms with Gasteiger partial charge >= 0.3 is 0 Å². The van der Waals surface area contributed by atoms with E-state index in [1.54, 1.807) is 18.2 Å². The van der Waals surface area contributed by atoms with E-state index in [0.29, 0.717) is 24.2 Å². The number of hydrogen-bond donors (Lipinski definition) is 0. The van der Waals surface area contributed by atoms with Gasteiger partial charge in [0, 0.05) is 12.0 Å². The van der Waals surface area contributed by atoms with E-state index in [9.17, 15) is 9.59 Å².